The fourth-order valence-corrected chi connectivity index (χ4v) is 3.98. The van der Waals surface area contributed by atoms with Gasteiger partial charge in [0.05, 0.1) is 6.04 Å². The van der Waals surface area contributed by atoms with E-state index in [0.717, 1.165) is 37.7 Å². The van der Waals surface area contributed by atoms with E-state index in [0.29, 0.717) is 25.4 Å². The maximum absolute atomic E-state index is 12.6. The zero-order chi connectivity index (χ0) is 19.8. The van der Waals surface area contributed by atoms with Gasteiger partial charge in [-0.3, -0.25) is 9.69 Å². The number of nitrogens with one attached hydrogen (secondary N) is 1. The summed E-state index contributed by atoms with van der Waals surface area (Å²) in [5, 5.41) is 3.00. The van der Waals surface area contributed by atoms with E-state index in [4.69, 9.17) is 4.74 Å². The molecular weight excluding hydrogens is 358 g/mol. The average molecular weight is 385 g/mol. The minimum absolute atomic E-state index is 0.0779. The van der Waals surface area contributed by atoms with E-state index in [1.54, 1.807) is 6.08 Å². The summed E-state index contributed by atoms with van der Waals surface area (Å²) in [6, 6.07) is 9.12. The first-order chi connectivity index (χ1) is 13.7. The van der Waals surface area contributed by atoms with Crippen LogP contribution in [0.1, 0.15) is 44.1 Å². The van der Waals surface area contributed by atoms with Crippen LogP contribution < -0.4 is 5.32 Å². The van der Waals surface area contributed by atoms with Gasteiger partial charge in [0.1, 0.15) is 12.6 Å². The first kappa shape index (κ1) is 20.1. The number of rotatable bonds is 6. The molecule has 1 aromatic carbocycles. The first-order valence-corrected chi connectivity index (χ1v) is 9.99. The summed E-state index contributed by atoms with van der Waals surface area (Å²) < 4.78 is 5.39. The van der Waals surface area contributed by atoms with Gasteiger partial charge < -0.3 is 10.1 Å². The Balaban J connectivity index is 1.43. The van der Waals surface area contributed by atoms with E-state index < -0.39 is 12.1 Å². The molecule has 1 aliphatic heterocycles. The van der Waals surface area contributed by atoms with Crippen LogP contribution in [0.15, 0.2) is 35.3 Å². The quantitative estimate of drug-likeness (QED) is 0.602. The second-order valence-corrected chi connectivity index (χ2v) is 7.53. The summed E-state index contributed by atoms with van der Waals surface area (Å²) in [5.74, 6) is 0.282. The van der Waals surface area contributed by atoms with E-state index >= 15 is 0 Å². The molecule has 7 heteroatoms. The van der Waals surface area contributed by atoms with Crippen molar-refractivity contribution in [2.75, 3.05) is 13.1 Å². The van der Waals surface area contributed by atoms with Crippen molar-refractivity contribution < 1.29 is 19.1 Å². The van der Waals surface area contributed by atoms with E-state index in [9.17, 15) is 14.4 Å². The van der Waals surface area contributed by atoms with Gasteiger partial charge in [-0.1, -0.05) is 30.3 Å². The number of benzene rings is 1. The average Bonchev–Trinajstić information content (AvgIpc) is 3.22. The number of amides is 2. The van der Waals surface area contributed by atoms with Crippen LogP contribution in [0.3, 0.4) is 0 Å². The molecule has 2 amide bonds. The Hall–Kier alpha value is -2.66. The van der Waals surface area contributed by atoms with Gasteiger partial charge in [0.15, 0.2) is 0 Å². The molecule has 1 saturated heterocycles. The van der Waals surface area contributed by atoms with Crippen molar-refractivity contribution in [3.05, 3.63) is 35.9 Å². The minimum Gasteiger partial charge on any atom is -0.445 e. The predicted molar refractivity (Wildman–Crippen MR) is 103 cm³/mol. The molecule has 1 atom stereocenters. The summed E-state index contributed by atoms with van der Waals surface area (Å²) in [5.41, 5.74) is 0.922. The molecule has 1 saturated carbocycles. The molecule has 2 aliphatic rings. The molecule has 28 heavy (non-hydrogen) atoms. The number of hydrogen-bond donors (Lipinski definition) is 1. The summed E-state index contributed by atoms with van der Waals surface area (Å²) in [7, 11) is 0. The van der Waals surface area contributed by atoms with E-state index in [1.165, 1.54) is 4.90 Å². The standard InChI is InChI=1S/C21H27N3O4/c25-15-23-18-10-8-16(9-11-18)13-22-20(26)19-7-4-12-24(19)21(27)28-14-17-5-2-1-3-6-17/h1-3,5-6,16,18-19H,4,7-14H2,(H,22,26)/t16?,18?,19-/m0/s1. The maximum atomic E-state index is 12.6. The Kier molecular flexibility index (Phi) is 7.20. The molecule has 7 nitrogen and oxygen atoms in total. The lowest BCUT2D eigenvalue weighted by Crippen LogP contribution is -2.47. The van der Waals surface area contributed by atoms with Crippen LogP contribution in [0.5, 0.6) is 0 Å². The molecule has 0 unspecified atom stereocenters. The molecule has 1 aliphatic carbocycles. The number of nitrogens with zero attached hydrogens (tertiary/aromatic N) is 2. The fraction of sp³-hybridized carbons (Fsp3) is 0.571. The highest BCUT2D eigenvalue weighted by Gasteiger charge is 2.35. The molecule has 0 aromatic heterocycles. The van der Waals surface area contributed by atoms with Gasteiger partial charge in [-0.05, 0) is 50.0 Å². The highest BCUT2D eigenvalue weighted by Crippen LogP contribution is 2.26. The molecule has 1 aromatic rings. The smallest absolute Gasteiger partial charge is 0.410 e. The van der Waals surface area contributed by atoms with Crippen LogP contribution in [-0.2, 0) is 20.9 Å². The zero-order valence-corrected chi connectivity index (χ0v) is 16.0. The lowest BCUT2D eigenvalue weighted by atomic mass is 9.86. The number of likely N-dealkylation sites (tertiary alicyclic amines) is 1. The molecule has 1 N–H and O–H groups in total. The van der Waals surface area contributed by atoms with Crippen molar-refractivity contribution in [1.29, 1.82) is 0 Å². The number of isocyanates is 1. The Morgan fingerprint density at radius 1 is 1.14 bits per heavy atom. The molecule has 2 fully saturated rings. The largest absolute Gasteiger partial charge is 0.445 e. The highest BCUT2D eigenvalue weighted by molar-refractivity contribution is 5.86. The van der Waals surface area contributed by atoms with Gasteiger partial charge in [0.2, 0.25) is 12.0 Å². The van der Waals surface area contributed by atoms with Crippen molar-refractivity contribution in [3.63, 3.8) is 0 Å². The Morgan fingerprint density at radius 3 is 2.61 bits per heavy atom. The summed E-state index contributed by atoms with van der Waals surface area (Å²) in [6.07, 6.45) is 6.24. The highest BCUT2D eigenvalue weighted by atomic mass is 16.6. The third-order valence-corrected chi connectivity index (χ3v) is 5.61. The molecule has 150 valence electrons. The molecule has 1 heterocycles. The number of carbonyl (C=O) groups is 2. The lowest BCUT2D eigenvalue weighted by Gasteiger charge is -2.27. The third kappa shape index (κ3) is 5.42. The van der Waals surface area contributed by atoms with Crippen molar-refractivity contribution in [3.8, 4) is 0 Å². The Labute approximate surface area is 165 Å². The van der Waals surface area contributed by atoms with Crippen molar-refractivity contribution in [1.82, 2.24) is 10.2 Å². The van der Waals surface area contributed by atoms with Crippen LogP contribution in [0.25, 0.3) is 0 Å². The minimum atomic E-state index is -0.459. The van der Waals surface area contributed by atoms with Gasteiger partial charge >= 0.3 is 6.09 Å². The number of carbonyl (C=O) groups excluding carboxylic acids is 3. The second kappa shape index (κ2) is 10.0. The van der Waals surface area contributed by atoms with Crippen molar-refractivity contribution in [2.24, 2.45) is 10.9 Å². The van der Waals surface area contributed by atoms with Crippen LogP contribution in [0.4, 0.5) is 4.79 Å². The summed E-state index contributed by atoms with van der Waals surface area (Å²) in [6.45, 7) is 1.34. The second-order valence-electron chi connectivity index (χ2n) is 7.53. The molecular formula is C21H27N3O4. The monoisotopic (exact) mass is 385 g/mol. The van der Waals surface area contributed by atoms with Gasteiger partial charge in [-0.15, -0.1) is 0 Å². The van der Waals surface area contributed by atoms with Gasteiger partial charge in [0, 0.05) is 13.1 Å². The summed E-state index contributed by atoms with van der Waals surface area (Å²) >= 11 is 0. The number of hydrogen-bond acceptors (Lipinski definition) is 5. The van der Waals surface area contributed by atoms with Gasteiger partial charge in [-0.25, -0.2) is 14.6 Å². The normalized spacial score (nSPS) is 24.3. The topological polar surface area (TPSA) is 88.1 Å². The summed E-state index contributed by atoms with van der Waals surface area (Å²) in [4.78, 5) is 40.7. The van der Waals surface area contributed by atoms with Gasteiger partial charge in [0.25, 0.3) is 0 Å². The van der Waals surface area contributed by atoms with E-state index in [2.05, 4.69) is 10.3 Å². The molecule has 3 rings (SSSR count). The molecule has 0 spiro atoms. The SMILES string of the molecule is O=C=NC1CCC(CNC(=O)[C@@H]2CCCN2C(=O)OCc2ccccc2)CC1. The van der Waals surface area contributed by atoms with Crippen LogP contribution >= 0.6 is 0 Å². The Bertz CT molecular complexity index is 710. The Morgan fingerprint density at radius 2 is 1.89 bits per heavy atom. The zero-order valence-electron chi connectivity index (χ0n) is 16.0. The molecule has 0 radical (unpaired) electrons. The van der Waals surface area contributed by atoms with Crippen LogP contribution in [-0.4, -0.2) is 48.2 Å². The first-order valence-electron chi connectivity index (χ1n) is 9.99. The van der Waals surface area contributed by atoms with E-state index in [1.807, 2.05) is 30.3 Å². The maximum Gasteiger partial charge on any atom is 0.410 e. The predicted octanol–water partition coefficient (Wildman–Crippen LogP) is 2.80. The van der Waals surface area contributed by atoms with Gasteiger partial charge in [-0.2, -0.15) is 0 Å². The lowest BCUT2D eigenvalue weighted by molar-refractivity contribution is -0.125. The molecule has 0 bridgehead atoms. The van der Waals surface area contributed by atoms with Crippen LogP contribution in [0.2, 0.25) is 0 Å². The van der Waals surface area contributed by atoms with Crippen LogP contribution in [0, 0.1) is 5.92 Å². The van der Waals surface area contributed by atoms with E-state index in [-0.39, 0.29) is 18.6 Å². The van der Waals surface area contributed by atoms with Crippen molar-refractivity contribution >= 4 is 18.1 Å². The fourth-order valence-electron chi connectivity index (χ4n) is 3.98. The number of ether oxygens (including phenoxy) is 1. The van der Waals surface area contributed by atoms with Crippen molar-refractivity contribution in [2.45, 2.75) is 57.2 Å². The number of aliphatic imine (C=N–C) groups is 1. The third-order valence-electron chi connectivity index (χ3n) is 5.61.